The van der Waals surface area contributed by atoms with E-state index in [1.165, 1.54) is 26.4 Å². The lowest BCUT2D eigenvalue weighted by Crippen LogP contribution is -2.50. The molecule has 0 atom stereocenters. The van der Waals surface area contributed by atoms with Crippen molar-refractivity contribution >= 4 is 11.7 Å². The Morgan fingerprint density at radius 3 is 2.31 bits per heavy atom. The molecule has 2 aromatic heterocycles. The first-order chi connectivity index (χ1) is 17.2. The van der Waals surface area contributed by atoms with Crippen LogP contribution in [0.25, 0.3) is 11.3 Å². The molecule has 0 radical (unpaired) electrons. The summed E-state index contributed by atoms with van der Waals surface area (Å²) in [6.07, 6.45) is -3.64. The Balaban J connectivity index is 1.41. The van der Waals surface area contributed by atoms with Gasteiger partial charge in [0.15, 0.2) is 11.5 Å². The van der Waals surface area contributed by atoms with Gasteiger partial charge in [0.25, 0.3) is 5.56 Å². The minimum absolute atomic E-state index is 0.238. The summed E-state index contributed by atoms with van der Waals surface area (Å²) in [5, 5.41) is 4.35. The maximum Gasteiger partial charge on any atom is 0.417 e. The predicted molar refractivity (Wildman–Crippen MR) is 125 cm³/mol. The molecule has 0 saturated carbocycles. The Morgan fingerprint density at radius 1 is 0.972 bits per heavy atom. The highest BCUT2D eigenvalue weighted by Gasteiger charge is 2.31. The molecule has 1 saturated heterocycles. The largest absolute Gasteiger partial charge is 0.493 e. The average Bonchev–Trinajstić information content (AvgIpc) is 2.89. The van der Waals surface area contributed by atoms with E-state index in [-0.39, 0.29) is 12.5 Å². The van der Waals surface area contributed by atoms with Crippen LogP contribution in [0, 0.1) is 0 Å². The van der Waals surface area contributed by atoms with Crippen LogP contribution in [0.4, 0.5) is 19.0 Å². The average molecular weight is 503 g/mol. The topological polar surface area (TPSA) is 89.8 Å². The van der Waals surface area contributed by atoms with Gasteiger partial charge in [0, 0.05) is 44.0 Å². The zero-order valence-corrected chi connectivity index (χ0v) is 19.7. The van der Waals surface area contributed by atoms with Gasteiger partial charge in [-0.05, 0) is 36.4 Å². The number of carbonyl (C=O) groups excluding carboxylic acids is 1. The van der Waals surface area contributed by atoms with Crippen LogP contribution >= 0.6 is 0 Å². The fourth-order valence-corrected chi connectivity index (χ4v) is 3.87. The minimum atomic E-state index is -4.44. The summed E-state index contributed by atoms with van der Waals surface area (Å²) in [6, 6.07) is 10.5. The molecule has 9 nitrogen and oxygen atoms in total. The van der Waals surface area contributed by atoms with Gasteiger partial charge in [0.05, 0.1) is 25.5 Å². The number of alkyl halides is 3. The number of methoxy groups -OCH3 is 2. The van der Waals surface area contributed by atoms with Crippen molar-refractivity contribution in [3.05, 3.63) is 64.6 Å². The number of pyridine rings is 1. The zero-order valence-electron chi connectivity index (χ0n) is 19.7. The lowest BCUT2D eigenvalue weighted by atomic mass is 10.1. The van der Waals surface area contributed by atoms with E-state index in [9.17, 15) is 22.8 Å². The predicted octanol–water partition coefficient (Wildman–Crippen LogP) is 2.69. The Kier molecular flexibility index (Phi) is 7.13. The van der Waals surface area contributed by atoms with E-state index < -0.39 is 17.3 Å². The van der Waals surface area contributed by atoms with E-state index in [0.29, 0.717) is 54.8 Å². The lowest BCUT2D eigenvalue weighted by Gasteiger charge is -2.35. The molecule has 0 bridgehead atoms. The van der Waals surface area contributed by atoms with Crippen LogP contribution in [0.1, 0.15) is 5.56 Å². The molecule has 12 heteroatoms. The molecule has 1 aliphatic heterocycles. The number of carbonyl (C=O) groups is 1. The van der Waals surface area contributed by atoms with Crippen molar-refractivity contribution in [1.29, 1.82) is 0 Å². The van der Waals surface area contributed by atoms with E-state index in [4.69, 9.17) is 9.47 Å². The van der Waals surface area contributed by atoms with Gasteiger partial charge in [-0.25, -0.2) is 9.67 Å². The minimum Gasteiger partial charge on any atom is -0.493 e. The maximum absolute atomic E-state index is 12.9. The summed E-state index contributed by atoms with van der Waals surface area (Å²) >= 11 is 0. The molecule has 1 aromatic carbocycles. The summed E-state index contributed by atoms with van der Waals surface area (Å²) in [5.41, 5.74) is -0.0541. The van der Waals surface area contributed by atoms with Gasteiger partial charge < -0.3 is 19.3 Å². The highest BCUT2D eigenvalue weighted by atomic mass is 19.4. The normalized spacial score (nSPS) is 14.0. The van der Waals surface area contributed by atoms with Crippen LogP contribution in [-0.2, 0) is 17.5 Å². The number of hydrogen-bond donors (Lipinski definition) is 0. The summed E-state index contributed by atoms with van der Waals surface area (Å²) < 4.78 is 49.9. The Labute approximate surface area is 204 Å². The van der Waals surface area contributed by atoms with Crippen molar-refractivity contribution in [2.45, 2.75) is 12.7 Å². The second-order valence-electron chi connectivity index (χ2n) is 8.05. The summed E-state index contributed by atoms with van der Waals surface area (Å²) in [7, 11) is 3.05. The van der Waals surface area contributed by atoms with Crippen LogP contribution < -0.4 is 19.9 Å². The van der Waals surface area contributed by atoms with E-state index in [1.54, 1.807) is 29.2 Å². The van der Waals surface area contributed by atoms with E-state index >= 15 is 0 Å². The van der Waals surface area contributed by atoms with Crippen molar-refractivity contribution in [3.63, 3.8) is 0 Å². The number of piperazine rings is 1. The third kappa shape index (κ3) is 5.42. The molecule has 0 spiro atoms. The van der Waals surface area contributed by atoms with Gasteiger partial charge in [-0.3, -0.25) is 9.59 Å². The van der Waals surface area contributed by atoms with Gasteiger partial charge in [-0.2, -0.15) is 18.3 Å². The van der Waals surface area contributed by atoms with Crippen LogP contribution in [-0.4, -0.2) is 66.0 Å². The van der Waals surface area contributed by atoms with Crippen LogP contribution in [0.3, 0.4) is 0 Å². The van der Waals surface area contributed by atoms with E-state index in [1.807, 2.05) is 4.90 Å². The lowest BCUT2D eigenvalue weighted by molar-refractivity contribution is -0.138. The molecule has 1 fully saturated rings. The fraction of sp³-hybridized carbons (Fsp3) is 0.333. The molecule has 190 valence electrons. The summed E-state index contributed by atoms with van der Waals surface area (Å²) in [4.78, 5) is 32.6. The first-order valence-electron chi connectivity index (χ1n) is 11.1. The molecule has 3 heterocycles. The first kappa shape index (κ1) is 25.0. The van der Waals surface area contributed by atoms with Crippen molar-refractivity contribution in [2.24, 2.45) is 0 Å². The number of rotatable bonds is 6. The molecule has 1 aliphatic rings. The fourth-order valence-electron chi connectivity index (χ4n) is 3.87. The zero-order chi connectivity index (χ0) is 25.9. The second-order valence-corrected chi connectivity index (χ2v) is 8.05. The molecule has 0 unspecified atom stereocenters. The smallest absolute Gasteiger partial charge is 0.417 e. The van der Waals surface area contributed by atoms with Gasteiger partial charge in [0.2, 0.25) is 5.91 Å². The molecule has 0 N–H and O–H groups in total. The number of aromatic nitrogens is 3. The van der Waals surface area contributed by atoms with Gasteiger partial charge in [-0.1, -0.05) is 0 Å². The molecule has 3 aromatic rings. The third-order valence-corrected chi connectivity index (χ3v) is 5.86. The quantitative estimate of drug-likeness (QED) is 0.511. The summed E-state index contributed by atoms with van der Waals surface area (Å²) in [6.45, 7) is 1.24. The molecule has 1 amide bonds. The van der Waals surface area contributed by atoms with Gasteiger partial charge >= 0.3 is 6.18 Å². The molecular formula is C24H24F3N5O4. The molecule has 0 aliphatic carbocycles. The number of anilines is 1. The van der Waals surface area contributed by atoms with Crippen LogP contribution in [0.15, 0.2) is 53.5 Å². The van der Waals surface area contributed by atoms with Gasteiger partial charge in [-0.15, -0.1) is 0 Å². The van der Waals surface area contributed by atoms with Crippen molar-refractivity contribution in [3.8, 4) is 22.8 Å². The standard InChI is InChI=1S/C24H24F3N5O4/c1-35-19-6-3-16(13-20(19)36-2)18-5-8-22(33)32(29-18)15-23(34)31-11-9-30(10-12-31)21-7-4-17(14-28-21)24(25,26)27/h3-8,13-14H,9-12,15H2,1-2H3. The number of amides is 1. The molecular weight excluding hydrogens is 479 g/mol. The Hall–Kier alpha value is -4.09. The number of benzene rings is 1. The van der Waals surface area contributed by atoms with Crippen molar-refractivity contribution in [2.75, 3.05) is 45.3 Å². The molecule has 4 rings (SSSR count). The Bertz CT molecular complexity index is 1290. The second kappa shape index (κ2) is 10.3. The highest BCUT2D eigenvalue weighted by Crippen LogP contribution is 2.31. The highest BCUT2D eigenvalue weighted by molar-refractivity contribution is 5.76. The van der Waals surface area contributed by atoms with Crippen LogP contribution in [0.2, 0.25) is 0 Å². The number of ether oxygens (including phenoxy) is 2. The SMILES string of the molecule is COc1ccc(-c2ccc(=O)n(CC(=O)N3CCN(c4ccc(C(F)(F)F)cn4)CC3)n2)cc1OC. The van der Waals surface area contributed by atoms with Gasteiger partial charge in [0.1, 0.15) is 12.4 Å². The van der Waals surface area contributed by atoms with E-state index in [0.717, 1.165) is 16.9 Å². The van der Waals surface area contributed by atoms with Crippen molar-refractivity contribution < 1.29 is 27.4 Å². The Morgan fingerprint density at radius 2 is 1.69 bits per heavy atom. The van der Waals surface area contributed by atoms with Crippen LogP contribution in [0.5, 0.6) is 11.5 Å². The third-order valence-electron chi connectivity index (χ3n) is 5.86. The van der Waals surface area contributed by atoms with Crippen molar-refractivity contribution in [1.82, 2.24) is 19.7 Å². The molecule has 36 heavy (non-hydrogen) atoms. The first-order valence-corrected chi connectivity index (χ1v) is 11.1. The van der Waals surface area contributed by atoms with E-state index in [2.05, 4.69) is 10.1 Å². The number of hydrogen-bond acceptors (Lipinski definition) is 7. The summed E-state index contributed by atoms with van der Waals surface area (Å²) in [5.74, 6) is 1.19. The maximum atomic E-state index is 12.9. The number of halogens is 3. The monoisotopic (exact) mass is 503 g/mol. The number of nitrogens with zero attached hydrogens (tertiary/aromatic N) is 5.